The lowest BCUT2D eigenvalue weighted by molar-refractivity contribution is -0.129. The van der Waals surface area contributed by atoms with Gasteiger partial charge in [-0.3, -0.25) is 4.79 Å². The van der Waals surface area contributed by atoms with Crippen molar-refractivity contribution in [3.05, 3.63) is 76.9 Å². The van der Waals surface area contributed by atoms with E-state index in [2.05, 4.69) is 17.2 Å². The predicted octanol–water partition coefficient (Wildman–Crippen LogP) is 2.65. The normalized spacial score (nSPS) is 18.2. The van der Waals surface area contributed by atoms with Crippen LogP contribution in [0, 0.1) is 18.8 Å². The first kappa shape index (κ1) is 16.3. The number of anilines is 1. The number of amides is 1. The molecule has 4 N–H and O–H groups in total. The van der Waals surface area contributed by atoms with Crippen LogP contribution in [0.5, 0.6) is 0 Å². The highest BCUT2D eigenvalue weighted by Gasteiger charge is 2.48. The third kappa shape index (κ3) is 2.38. The van der Waals surface area contributed by atoms with Gasteiger partial charge in [0.15, 0.2) is 5.60 Å². The first-order valence-corrected chi connectivity index (χ1v) is 8.41. The molecule has 4 rings (SSSR count). The smallest absolute Gasteiger partial charge is 0.265 e. The molecule has 128 valence electrons. The minimum atomic E-state index is -1.72. The van der Waals surface area contributed by atoms with E-state index in [1.54, 1.807) is 12.1 Å². The van der Waals surface area contributed by atoms with Gasteiger partial charge in [-0.2, -0.15) is 0 Å². The number of hydrogen-bond donors (Lipinski definition) is 3. The van der Waals surface area contributed by atoms with Gasteiger partial charge in [-0.15, -0.1) is 0 Å². The lowest BCUT2D eigenvalue weighted by Gasteiger charge is -2.23. The summed E-state index contributed by atoms with van der Waals surface area (Å²) in [6.07, 6.45) is 0. The zero-order valence-electron chi connectivity index (χ0n) is 14.3. The van der Waals surface area contributed by atoms with Crippen molar-refractivity contribution in [3.63, 3.8) is 0 Å². The summed E-state index contributed by atoms with van der Waals surface area (Å²) >= 11 is 0. The van der Waals surface area contributed by atoms with Crippen LogP contribution in [-0.4, -0.2) is 17.6 Å². The Morgan fingerprint density at radius 3 is 2.65 bits per heavy atom. The molecule has 0 spiro atoms. The van der Waals surface area contributed by atoms with Crippen LogP contribution in [0.3, 0.4) is 0 Å². The summed E-state index contributed by atoms with van der Waals surface area (Å²) in [6.45, 7) is 2.14. The van der Waals surface area contributed by atoms with E-state index in [0.29, 0.717) is 16.8 Å². The Bertz CT molecular complexity index is 1110. The van der Waals surface area contributed by atoms with Crippen LogP contribution in [-0.2, 0) is 10.4 Å². The Kier molecular flexibility index (Phi) is 3.77. The van der Waals surface area contributed by atoms with Gasteiger partial charge in [0.2, 0.25) is 0 Å². The third-order valence-corrected chi connectivity index (χ3v) is 4.78. The summed E-state index contributed by atoms with van der Waals surface area (Å²) in [5.41, 5.74) is 7.00. The van der Waals surface area contributed by atoms with Crippen LogP contribution in [0.4, 0.5) is 5.69 Å². The number of nitrogens with two attached hydrogens (primary N) is 1. The monoisotopic (exact) mass is 342 g/mol. The molecule has 1 amide bonds. The van der Waals surface area contributed by atoms with Crippen LogP contribution in [0.25, 0.3) is 10.8 Å². The summed E-state index contributed by atoms with van der Waals surface area (Å²) in [4.78, 5) is 12.7. The van der Waals surface area contributed by atoms with E-state index in [1.165, 1.54) is 0 Å². The molecule has 3 aromatic rings. The number of benzene rings is 3. The zero-order chi connectivity index (χ0) is 18.3. The van der Waals surface area contributed by atoms with Crippen LogP contribution in [0.15, 0.2) is 54.6 Å². The van der Waals surface area contributed by atoms with E-state index in [-0.39, 0.29) is 6.54 Å². The lowest BCUT2D eigenvalue weighted by Crippen LogP contribution is -2.35. The molecule has 4 nitrogen and oxygen atoms in total. The van der Waals surface area contributed by atoms with Crippen molar-refractivity contribution >= 4 is 22.4 Å². The SMILES string of the molecule is Cc1cc(C#CCN)cc2c1C(O)(c1ccc3ccccc3c1)C(=O)N2. The third-order valence-electron chi connectivity index (χ3n) is 4.78. The Hall–Kier alpha value is -3.13. The number of hydrogen-bond acceptors (Lipinski definition) is 3. The summed E-state index contributed by atoms with van der Waals surface area (Å²) in [6, 6.07) is 17.1. The van der Waals surface area contributed by atoms with E-state index in [1.807, 2.05) is 49.4 Å². The molecule has 1 aliphatic rings. The Morgan fingerprint density at radius 2 is 1.88 bits per heavy atom. The van der Waals surface area contributed by atoms with E-state index in [9.17, 15) is 9.90 Å². The molecular weight excluding hydrogens is 324 g/mol. The van der Waals surface area contributed by atoms with Crippen LogP contribution in [0.2, 0.25) is 0 Å². The fourth-order valence-corrected chi connectivity index (χ4v) is 3.61. The number of fused-ring (bicyclic) bond motifs is 2. The van der Waals surface area contributed by atoms with Crippen molar-refractivity contribution in [2.75, 3.05) is 11.9 Å². The van der Waals surface area contributed by atoms with E-state index < -0.39 is 11.5 Å². The van der Waals surface area contributed by atoms with Gasteiger partial charge in [0.25, 0.3) is 5.91 Å². The van der Waals surface area contributed by atoms with Gasteiger partial charge in [0, 0.05) is 16.8 Å². The maximum atomic E-state index is 12.7. The van der Waals surface area contributed by atoms with Crippen molar-refractivity contribution in [1.29, 1.82) is 0 Å². The fraction of sp³-hybridized carbons (Fsp3) is 0.136. The highest BCUT2D eigenvalue weighted by Crippen LogP contribution is 2.43. The Labute approximate surface area is 151 Å². The molecule has 1 heterocycles. The maximum Gasteiger partial charge on any atom is 0.265 e. The molecule has 0 saturated heterocycles. The highest BCUT2D eigenvalue weighted by molar-refractivity contribution is 6.08. The van der Waals surface area contributed by atoms with E-state index >= 15 is 0 Å². The molecule has 0 bridgehead atoms. The highest BCUT2D eigenvalue weighted by atomic mass is 16.3. The Morgan fingerprint density at radius 1 is 1.12 bits per heavy atom. The van der Waals surface area contributed by atoms with Crippen molar-refractivity contribution in [2.24, 2.45) is 5.73 Å². The first-order chi connectivity index (χ1) is 12.5. The van der Waals surface area contributed by atoms with Crippen LogP contribution >= 0.6 is 0 Å². The lowest BCUT2D eigenvalue weighted by atomic mass is 9.83. The first-order valence-electron chi connectivity index (χ1n) is 8.41. The summed E-state index contributed by atoms with van der Waals surface area (Å²) < 4.78 is 0. The zero-order valence-corrected chi connectivity index (χ0v) is 14.3. The second kappa shape index (κ2) is 5.99. The topological polar surface area (TPSA) is 75.3 Å². The van der Waals surface area contributed by atoms with Crippen molar-refractivity contribution in [1.82, 2.24) is 0 Å². The second-order valence-corrected chi connectivity index (χ2v) is 6.45. The number of nitrogens with one attached hydrogen (secondary N) is 1. The van der Waals surface area contributed by atoms with Crippen molar-refractivity contribution in [3.8, 4) is 11.8 Å². The van der Waals surface area contributed by atoms with Crippen LogP contribution in [0.1, 0.15) is 22.3 Å². The molecular formula is C22H18N2O2. The van der Waals surface area contributed by atoms with E-state index in [0.717, 1.165) is 21.9 Å². The molecule has 3 aromatic carbocycles. The largest absolute Gasteiger partial charge is 0.372 e. The van der Waals surface area contributed by atoms with Crippen LogP contribution < -0.4 is 11.1 Å². The number of aryl methyl sites for hydroxylation is 1. The van der Waals surface area contributed by atoms with Gasteiger partial charge in [-0.05, 0) is 47.0 Å². The summed E-state index contributed by atoms with van der Waals surface area (Å²) in [5.74, 6) is 5.33. The van der Waals surface area contributed by atoms with Gasteiger partial charge in [-0.1, -0.05) is 48.2 Å². The fourth-order valence-electron chi connectivity index (χ4n) is 3.61. The summed E-state index contributed by atoms with van der Waals surface area (Å²) in [7, 11) is 0. The molecule has 4 heteroatoms. The number of rotatable bonds is 1. The molecule has 0 saturated carbocycles. The average molecular weight is 342 g/mol. The van der Waals surface area contributed by atoms with Gasteiger partial charge < -0.3 is 16.2 Å². The number of aliphatic hydroxyl groups is 1. The van der Waals surface area contributed by atoms with Gasteiger partial charge >= 0.3 is 0 Å². The molecule has 26 heavy (non-hydrogen) atoms. The molecule has 0 radical (unpaired) electrons. The Balaban J connectivity index is 1.90. The minimum absolute atomic E-state index is 0.267. The number of carbonyl (C=O) groups excluding carboxylic acids is 1. The van der Waals surface area contributed by atoms with Gasteiger partial charge in [-0.25, -0.2) is 0 Å². The van der Waals surface area contributed by atoms with E-state index in [4.69, 9.17) is 5.73 Å². The standard InChI is InChI=1S/C22H18N2O2/c1-14-11-15(5-4-10-23)12-19-20(14)22(26,21(25)24-19)18-9-8-16-6-2-3-7-17(16)13-18/h2-3,6-9,11-13,26H,10,23H2,1H3,(H,24,25). The number of carbonyl (C=O) groups is 1. The van der Waals surface area contributed by atoms with Crippen molar-refractivity contribution in [2.45, 2.75) is 12.5 Å². The molecule has 0 fully saturated rings. The quantitative estimate of drug-likeness (QED) is 0.595. The molecule has 1 atom stereocenters. The average Bonchev–Trinajstić information content (AvgIpc) is 2.91. The molecule has 1 aliphatic heterocycles. The van der Waals surface area contributed by atoms with Crippen molar-refractivity contribution < 1.29 is 9.90 Å². The minimum Gasteiger partial charge on any atom is -0.372 e. The maximum absolute atomic E-state index is 12.7. The molecule has 1 unspecified atom stereocenters. The molecule has 0 aliphatic carbocycles. The van der Waals surface area contributed by atoms with Gasteiger partial charge in [0.05, 0.1) is 6.54 Å². The molecule has 0 aromatic heterocycles. The summed E-state index contributed by atoms with van der Waals surface area (Å²) in [5, 5.41) is 16.3. The van der Waals surface area contributed by atoms with Gasteiger partial charge in [0.1, 0.15) is 0 Å². The second-order valence-electron chi connectivity index (χ2n) is 6.45. The predicted molar refractivity (Wildman–Crippen MR) is 103 cm³/mol.